The molecule has 1 unspecified atom stereocenters. The van der Waals surface area contributed by atoms with E-state index in [1.807, 2.05) is 0 Å². The molecule has 1 aromatic rings. The average Bonchev–Trinajstić information content (AvgIpc) is 2.67. The molecule has 1 aliphatic rings. The second-order valence-electron chi connectivity index (χ2n) is 3.76. The SMILES string of the molecule is CCc1cc2c(o1)CCC2CCN. The van der Waals surface area contributed by atoms with Gasteiger partial charge in [-0.3, -0.25) is 0 Å². The first kappa shape index (κ1) is 8.82. The summed E-state index contributed by atoms with van der Waals surface area (Å²) in [4.78, 5) is 0. The van der Waals surface area contributed by atoms with Crippen molar-refractivity contribution in [3.63, 3.8) is 0 Å². The Morgan fingerprint density at radius 2 is 2.46 bits per heavy atom. The van der Waals surface area contributed by atoms with Crippen LogP contribution in [-0.4, -0.2) is 6.54 Å². The van der Waals surface area contributed by atoms with Crippen molar-refractivity contribution in [1.82, 2.24) is 0 Å². The van der Waals surface area contributed by atoms with Crippen LogP contribution in [0, 0.1) is 0 Å². The maximum atomic E-state index is 5.71. The van der Waals surface area contributed by atoms with Gasteiger partial charge in [-0.25, -0.2) is 0 Å². The third-order valence-electron chi connectivity index (χ3n) is 2.92. The summed E-state index contributed by atoms with van der Waals surface area (Å²) in [7, 11) is 0. The molecule has 1 heterocycles. The molecule has 0 saturated carbocycles. The Morgan fingerprint density at radius 3 is 3.15 bits per heavy atom. The van der Waals surface area contributed by atoms with Crippen molar-refractivity contribution in [1.29, 1.82) is 0 Å². The van der Waals surface area contributed by atoms with Crippen LogP contribution in [0.15, 0.2) is 10.5 Å². The maximum Gasteiger partial charge on any atom is 0.107 e. The average molecular weight is 179 g/mol. The van der Waals surface area contributed by atoms with E-state index in [2.05, 4.69) is 13.0 Å². The molecule has 0 fully saturated rings. The Balaban J connectivity index is 2.20. The fourth-order valence-electron chi connectivity index (χ4n) is 2.18. The maximum absolute atomic E-state index is 5.71. The molecule has 0 amide bonds. The monoisotopic (exact) mass is 179 g/mol. The highest BCUT2D eigenvalue weighted by Crippen LogP contribution is 2.37. The molecule has 0 saturated heterocycles. The van der Waals surface area contributed by atoms with Gasteiger partial charge in [-0.15, -0.1) is 0 Å². The van der Waals surface area contributed by atoms with Crippen molar-refractivity contribution in [2.75, 3.05) is 6.54 Å². The zero-order valence-corrected chi connectivity index (χ0v) is 8.18. The van der Waals surface area contributed by atoms with E-state index >= 15 is 0 Å². The molecule has 1 atom stereocenters. The van der Waals surface area contributed by atoms with Crippen LogP contribution >= 0.6 is 0 Å². The standard InChI is InChI=1S/C11H17NO/c1-2-9-7-10-8(5-6-12)3-4-11(10)13-9/h7-8H,2-6,12H2,1H3. The number of hydrogen-bond acceptors (Lipinski definition) is 2. The van der Waals surface area contributed by atoms with Gasteiger partial charge >= 0.3 is 0 Å². The fourth-order valence-corrected chi connectivity index (χ4v) is 2.18. The van der Waals surface area contributed by atoms with E-state index in [4.69, 9.17) is 10.2 Å². The zero-order chi connectivity index (χ0) is 9.26. The lowest BCUT2D eigenvalue weighted by Crippen LogP contribution is -2.04. The molecule has 2 heteroatoms. The molecule has 2 nitrogen and oxygen atoms in total. The highest BCUT2D eigenvalue weighted by molar-refractivity contribution is 5.30. The summed E-state index contributed by atoms with van der Waals surface area (Å²) in [6.45, 7) is 2.92. The predicted molar refractivity (Wildman–Crippen MR) is 52.8 cm³/mol. The van der Waals surface area contributed by atoms with E-state index in [0.29, 0.717) is 5.92 Å². The van der Waals surface area contributed by atoms with Gasteiger partial charge in [-0.05, 0) is 36.9 Å². The normalized spacial score (nSPS) is 20.6. The number of rotatable bonds is 3. The quantitative estimate of drug-likeness (QED) is 0.772. The van der Waals surface area contributed by atoms with Crippen molar-refractivity contribution in [2.45, 2.75) is 38.5 Å². The third-order valence-corrected chi connectivity index (χ3v) is 2.92. The van der Waals surface area contributed by atoms with E-state index in [0.717, 1.165) is 31.6 Å². The fraction of sp³-hybridized carbons (Fsp3) is 0.636. The van der Waals surface area contributed by atoms with Crippen LogP contribution in [-0.2, 0) is 12.8 Å². The number of hydrogen-bond donors (Lipinski definition) is 1. The summed E-state index contributed by atoms with van der Waals surface area (Å²) in [5.74, 6) is 3.02. The van der Waals surface area contributed by atoms with E-state index < -0.39 is 0 Å². The molecular formula is C11H17NO. The number of nitrogens with two attached hydrogens (primary N) is 1. The van der Waals surface area contributed by atoms with Crippen LogP contribution in [0.1, 0.15) is 42.8 Å². The van der Waals surface area contributed by atoms with Gasteiger partial charge in [0, 0.05) is 12.8 Å². The Hall–Kier alpha value is -0.760. The summed E-state index contributed by atoms with van der Waals surface area (Å²) in [6, 6.07) is 2.22. The molecular weight excluding hydrogens is 162 g/mol. The highest BCUT2D eigenvalue weighted by atomic mass is 16.3. The van der Waals surface area contributed by atoms with Gasteiger partial charge in [0.1, 0.15) is 11.5 Å². The van der Waals surface area contributed by atoms with Crippen LogP contribution < -0.4 is 5.73 Å². The van der Waals surface area contributed by atoms with Crippen LogP contribution in [0.25, 0.3) is 0 Å². The summed E-state index contributed by atoms with van der Waals surface area (Å²) in [6.07, 6.45) is 4.45. The first-order chi connectivity index (χ1) is 6.35. The Labute approximate surface area is 79.1 Å². The first-order valence-electron chi connectivity index (χ1n) is 5.16. The summed E-state index contributed by atoms with van der Waals surface area (Å²) >= 11 is 0. The molecule has 2 N–H and O–H groups in total. The second kappa shape index (κ2) is 3.54. The van der Waals surface area contributed by atoms with Gasteiger partial charge in [-0.2, -0.15) is 0 Å². The van der Waals surface area contributed by atoms with Crippen molar-refractivity contribution >= 4 is 0 Å². The van der Waals surface area contributed by atoms with Crippen molar-refractivity contribution in [3.05, 3.63) is 23.2 Å². The van der Waals surface area contributed by atoms with Gasteiger partial charge in [0.25, 0.3) is 0 Å². The smallest absolute Gasteiger partial charge is 0.107 e. The van der Waals surface area contributed by atoms with Crippen LogP contribution in [0.5, 0.6) is 0 Å². The highest BCUT2D eigenvalue weighted by Gasteiger charge is 2.25. The van der Waals surface area contributed by atoms with Crippen molar-refractivity contribution in [2.24, 2.45) is 5.73 Å². The molecule has 1 aliphatic carbocycles. The number of furan rings is 1. The number of fused-ring (bicyclic) bond motifs is 1. The third kappa shape index (κ3) is 1.51. The Bertz CT molecular complexity index is 290. The minimum atomic E-state index is 0.670. The molecule has 1 aromatic heterocycles. The largest absolute Gasteiger partial charge is 0.466 e. The van der Waals surface area contributed by atoms with Gasteiger partial charge < -0.3 is 10.2 Å². The van der Waals surface area contributed by atoms with Gasteiger partial charge in [-0.1, -0.05) is 6.92 Å². The molecule has 0 spiro atoms. The summed E-state index contributed by atoms with van der Waals surface area (Å²) in [5.41, 5.74) is 7.01. The van der Waals surface area contributed by atoms with E-state index in [9.17, 15) is 0 Å². The molecule has 13 heavy (non-hydrogen) atoms. The minimum absolute atomic E-state index is 0.670. The first-order valence-corrected chi connectivity index (χ1v) is 5.16. The zero-order valence-electron chi connectivity index (χ0n) is 8.18. The lowest BCUT2D eigenvalue weighted by atomic mass is 9.99. The minimum Gasteiger partial charge on any atom is -0.466 e. The van der Waals surface area contributed by atoms with Gasteiger partial charge in [0.2, 0.25) is 0 Å². The lowest BCUT2D eigenvalue weighted by Gasteiger charge is -2.05. The van der Waals surface area contributed by atoms with E-state index in [1.54, 1.807) is 0 Å². The van der Waals surface area contributed by atoms with E-state index in [-0.39, 0.29) is 0 Å². The number of aryl methyl sites for hydroxylation is 2. The molecule has 2 rings (SSSR count). The second-order valence-corrected chi connectivity index (χ2v) is 3.76. The van der Waals surface area contributed by atoms with Gasteiger partial charge in [0.05, 0.1) is 0 Å². The van der Waals surface area contributed by atoms with Gasteiger partial charge in [0.15, 0.2) is 0 Å². The molecule has 72 valence electrons. The Kier molecular flexibility index (Phi) is 2.40. The molecule has 0 bridgehead atoms. The van der Waals surface area contributed by atoms with Crippen molar-refractivity contribution < 1.29 is 4.42 Å². The van der Waals surface area contributed by atoms with Crippen molar-refractivity contribution in [3.8, 4) is 0 Å². The summed E-state index contributed by atoms with van der Waals surface area (Å²) in [5, 5.41) is 0. The lowest BCUT2D eigenvalue weighted by molar-refractivity contribution is 0.472. The Morgan fingerprint density at radius 1 is 1.62 bits per heavy atom. The predicted octanol–water partition coefficient (Wildman–Crippen LogP) is 2.22. The van der Waals surface area contributed by atoms with Crippen LogP contribution in [0.2, 0.25) is 0 Å². The molecule has 0 aromatic carbocycles. The summed E-state index contributed by atoms with van der Waals surface area (Å²) < 4.78 is 5.71. The molecule has 0 aliphatic heterocycles. The van der Waals surface area contributed by atoms with Crippen LogP contribution in [0.4, 0.5) is 0 Å². The topological polar surface area (TPSA) is 39.2 Å². The molecule has 0 radical (unpaired) electrons. The van der Waals surface area contributed by atoms with Crippen LogP contribution in [0.3, 0.4) is 0 Å². The van der Waals surface area contributed by atoms with E-state index in [1.165, 1.54) is 17.7 Å².